The van der Waals surface area contributed by atoms with Gasteiger partial charge >= 0.3 is 5.97 Å². The normalized spacial score (nSPS) is 16.1. The Morgan fingerprint density at radius 1 is 1.08 bits per heavy atom. The second kappa shape index (κ2) is 12.7. The van der Waals surface area contributed by atoms with Gasteiger partial charge in [-0.3, -0.25) is 19.7 Å². The van der Waals surface area contributed by atoms with E-state index >= 15 is 0 Å². The van der Waals surface area contributed by atoms with E-state index in [1.54, 1.807) is 23.9 Å². The van der Waals surface area contributed by atoms with Crippen LogP contribution >= 0.6 is 11.8 Å². The lowest BCUT2D eigenvalue weighted by atomic mass is 10.0. The molecule has 1 unspecified atom stereocenters. The SMILES string of the molecule is COC(=O)[C@H](Cc1ccc(O)cc1)NC(=O)[C@H](CC1CC=CS1)NC(=O)Cc1ccc([N+](=O)[O-])cc1. The van der Waals surface area contributed by atoms with Crippen LogP contribution in [0.15, 0.2) is 60.0 Å². The molecule has 2 amide bonds. The number of nitrogens with one attached hydrogen (secondary N) is 2. The maximum Gasteiger partial charge on any atom is 0.328 e. The van der Waals surface area contributed by atoms with Crippen LogP contribution in [-0.2, 0) is 32.0 Å². The lowest BCUT2D eigenvalue weighted by Crippen LogP contribution is -2.53. The standard InChI is InChI=1S/C25H27N3O7S/c1-35-25(32)22(13-16-6-10-19(29)11-7-16)27-24(31)21(15-20-3-2-12-36-20)26-23(30)14-17-4-8-18(9-5-17)28(33)34/h2,4-12,20-22,29H,3,13-15H2,1H3,(H,26,30)(H,27,31)/t20?,21-,22-/m0/s1. The predicted molar refractivity (Wildman–Crippen MR) is 134 cm³/mol. The molecule has 190 valence electrons. The van der Waals surface area contributed by atoms with Crippen LogP contribution in [0.25, 0.3) is 0 Å². The molecule has 2 aromatic carbocycles. The van der Waals surface area contributed by atoms with E-state index in [-0.39, 0.29) is 29.5 Å². The Kier molecular flexibility index (Phi) is 9.46. The lowest BCUT2D eigenvalue weighted by Gasteiger charge is -2.24. The van der Waals surface area contributed by atoms with Gasteiger partial charge in [0.15, 0.2) is 0 Å². The molecular weight excluding hydrogens is 486 g/mol. The molecule has 3 atom stereocenters. The predicted octanol–water partition coefficient (Wildman–Crippen LogP) is 2.64. The van der Waals surface area contributed by atoms with Crippen molar-refractivity contribution in [2.45, 2.75) is 43.0 Å². The second-order valence-electron chi connectivity index (χ2n) is 8.28. The molecule has 3 rings (SSSR count). The number of nitrogens with zero attached hydrogens (tertiary/aromatic N) is 1. The summed E-state index contributed by atoms with van der Waals surface area (Å²) >= 11 is 1.57. The topological polar surface area (TPSA) is 148 Å². The van der Waals surface area contributed by atoms with Crippen molar-refractivity contribution < 1.29 is 29.2 Å². The van der Waals surface area contributed by atoms with Crippen molar-refractivity contribution in [3.8, 4) is 5.75 Å². The maximum absolute atomic E-state index is 13.2. The largest absolute Gasteiger partial charge is 0.508 e. The Labute approximate surface area is 212 Å². The molecule has 0 bridgehead atoms. The zero-order valence-electron chi connectivity index (χ0n) is 19.6. The van der Waals surface area contributed by atoms with E-state index < -0.39 is 34.8 Å². The van der Waals surface area contributed by atoms with Gasteiger partial charge in [-0.05, 0) is 41.5 Å². The summed E-state index contributed by atoms with van der Waals surface area (Å²) in [5.41, 5.74) is 1.19. The maximum atomic E-state index is 13.2. The number of aromatic hydroxyl groups is 1. The molecule has 1 aliphatic heterocycles. The average Bonchev–Trinajstić information content (AvgIpc) is 3.37. The van der Waals surface area contributed by atoms with Crippen molar-refractivity contribution in [3.63, 3.8) is 0 Å². The number of hydrogen-bond acceptors (Lipinski definition) is 8. The highest BCUT2D eigenvalue weighted by molar-refractivity contribution is 8.03. The molecule has 0 spiro atoms. The number of ether oxygens (including phenoxy) is 1. The van der Waals surface area contributed by atoms with Crippen LogP contribution in [-0.4, -0.2) is 52.3 Å². The van der Waals surface area contributed by atoms with Gasteiger partial charge < -0.3 is 20.5 Å². The van der Waals surface area contributed by atoms with E-state index in [0.717, 1.165) is 6.42 Å². The second-order valence-corrected chi connectivity index (χ2v) is 9.49. The minimum Gasteiger partial charge on any atom is -0.508 e. The van der Waals surface area contributed by atoms with E-state index in [1.807, 2.05) is 11.5 Å². The fourth-order valence-corrected chi connectivity index (χ4v) is 4.69. The molecule has 1 heterocycles. The van der Waals surface area contributed by atoms with Gasteiger partial charge in [-0.15, -0.1) is 11.8 Å². The van der Waals surface area contributed by atoms with Crippen molar-refractivity contribution in [1.29, 1.82) is 0 Å². The van der Waals surface area contributed by atoms with Gasteiger partial charge in [0, 0.05) is 23.8 Å². The fraction of sp³-hybridized carbons (Fsp3) is 0.320. The number of non-ortho nitro benzene ring substituents is 1. The summed E-state index contributed by atoms with van der Waals surface area (Å²) in [4.78, 5) is 48.7. The molecule has 0 aromatic heterocycles. The number of thioether (sulfide) groups is 1. The van der Waals surface area contributed by atoms with Crippen molar-refractivity contribution in [2.75, 3.05) is 7.11 Å². The highest BCUT2D eigenvalue weighted by Gasteiger charge is 2.30. The van der Waals surface area contributed by atoms with Gasteiger partial charge in [0.1, 0.15) is 17.8 Å². The third kappa shape index (κ3) is 7.84. The highest BCUT2D eigenvalue weighted by Crippen LogP contribution is 2.28. The fourth-order valence-electron chi connectivity index (χ4n) is 3.72. The summed E-state index contributed by atoms with van der Waals surface area (Å²) in [6.07, 6.45) is 3.17. The summed E-state index contributed by atoms with van der Waals surface area (Å²) in [5, 5.41) is 27.8. The van der Waals surface area contributed by atoms with Gasteiger partial charge in [-0.1, -0.05) is 30.3 Å². The quantitative estimate of drug-likeness (QED) is 0.236. The van der Waals surface area contributed by atoms with Crippen LogP contribution in [0.5, 0.6) is 5.75 Å². The molecule has 0 saturated heterocycles. The first kappa shape index (κ1) is 26.7. The smallest absolute Gasteiger partial charge is 0.328 e. The summed E-state index contributed by atoms with van der Waals surface area (Å²) in [6.45, 7) is 0. The summed E-state index contributed by atoms with van der Waals surface area (Å²) in [5.74, 6) is -1.50. The molecule has 2 aromatic rings. The lowest BCUT2D eigenvalue weighted by molar-refractivity contribution is -0.384. The Morgan fingerprint density at radius 2 is 1.75 bits per heavy atom. The number of phenols is 1. The summed E-state index contributed by atoms with van der Waals surface area (Å²) in [6, 6.07) is 9.98. The number of methoxy groups -OCH3 is 1. The first-order chi connectivity index (χ1) is 17.2. The van der Waals surface area contributed by atoms with Gasteiger partial charge in [0.2, 0.25) is 11.8 Å². The van der Waals surface area contributed by atoms with Crippen LogP contribution in [0, 0.1) is 10.1 Å². The summed E-state index contributed by atoms with van der Waals surface area (Å²) < 4.78 is 4.86. The van der Waals surface area contributed by atoms with Crippen molar-refractivity contribution >= 4 is 35.2 Å². The Hall–Kier alpha value is -3.86. The monoisotopic (exact) mass is 513 g/mol. The van der Waals surface area contributed by atoms with E-state index in [9.17, 15) is 29.6 Å². The molecule has 0 saturated carbocycles. The molecule has 11 heteroatoms. The third-order valence-electron chi connectivity index (χ3n) is 5.61. The minimum absolute atomic E-state index is 0.0637. The zero-order valence-corrected chi connectivity index (χ0v) is 20.4. The molecule has 1 aliphatic rings. The van der Waals surface area contributed by atoms with Crippen LogP contribution < -0.4 is 10.6 Å². The molecule has 0 radical (unpaired) electrons. The molecular formula is C25H27N3O7S. The number of carbonyl (C=O) groups excluding carboxylic acids is 3. The van der Waals surface area contributed by atoms with Crippen LogP contribution in [0.3, 0.4) is 0 Å². The first-order valence-electron chi connectivity index (χ1n) is 11.2. The van der Waals surface area contributed by atoms with Crippen molar-refractivity contribution in [1.82, 2.24) is 10.6 Å². The first-order valence-corrected chi connectivity index (χ1v) is 12.2. The van der Waals surface area contributed by atoms with Gasteiger partial charge in [0.05, 0.1) is 18.5 Å². The van der Waals surface area contributed by atoms with Crippen LogP contribution in [0.2, 0.25) is 0 Å². The number of amides is 2. The minimum atomic E-state index is -0.990. The number of benzene rings is 2. The third-order valence-corrected chi connectivity index (χ3v) is 6.73. The summed E-state index contributed by atoms with van der Waals surface area (Å²) in [7, 11) is 1.22. The van der Waals surface area contributed by atoms with E-state index in [2.05, 4.69) is 10.6 Å². The van der Waals surface area contributed by atoms with E-state index in [0.29, 0.717) is 17.5 Å². The Balaban J connectivity index is 1.69. The van der Waals surface area contributed by atoms with E-state index in [1.165, 1.54) is 43.5 Å². The number of carbonyl (C=O) groups is 3. The molecule has 0 fully saturated rings. The zero-order chi connectivity index (χ0) is 26.1. The van der Waals surface area contributed by atoms with Crippen LogP contribution in [0.4, 0.5) is 5.69 Å². The van der Waals surface area contributed by atoms with Gasteiger partial charge in [0.25, 0.3) is 5.69 Å². The number of phenolic OH excluding ortho intramolecular Hbond substituents is 1. The number of allylic oxidation sites excluding steroid dienone is 1. The molecule has 10 nitrogen and oxygen atoms in total. The van der Waals surface area contributed by atoms with Gasteiger partial charge in [-0.25, -0.2) is 4.79 Å². The van der Waals surface area contributed by atoms with Crippen molar-refractivity contribution in [3.05, 3.63) is 81.3 Å². The molecule has 3 N–H and O–H groups in total. The number of nitro groups is 1. The number of nitro benzene ring substituents is 1. The molecule has 36 heavy (non-hydrogen) atoms. The number of hydrogen-bond donors (Lipinski definition) is 3. The average molecular weight is 514 g/mol. The number of rotatable bonds is 11. The van der Waals surface area contributed by atoms with Gasteiger partial charge in [-0.2, -0.15) is 0 Å². The highest BCUT2D eigenvalue weighted by atomic mass is 32.2. The van der Waals surface area contributed by atoms with Crippen LogP contribution in [0.1, 0.15) is 24.0 Å². The van der Waals surface area contributed by atoms with Crippen molar-refractivity contribution in [2.24, 2.45) is 0 Å². The Bertz CT molecular complexity index is 1110. The molecule has 0 aliphatic carbocycles. The Morgan fingerprint density at radius 3 is 2.33 bits per heavy atom. The number of esters is 1. The van der Waals surface area contributed by atoms with E-state index in [4.69, 9.17) is 4.74 Å².